The fourth-order valence-electron chi connectivity index (χ4n) is 3.88. The molecule has 0 aromatic carbocycles. The van der Waals surface area contributed by atoms with Crippen LogP contribution < -0.4 is 0 Å². The molecule has 0 radical (unpaired) electrons. The van der Waals surface area contributed by atoms with E-state index < -0.39 is 0 Å². The van der Waals surface area contributed by atoms with Gasteiger partial charge in [0.15, 0.2) is 0 Å². The number of hydrogen-bond acceptors (Lipinski definition) is 6. The van der Waals surface area contributed by atoms with E-state index in [-0.39, 0.29) is 11.8 Å². The minimum absolute atomic E-state index is 0.0165. The highest BCUT2D eigenvalue weighted by Gasteiger charge is 2.30. The molecule has 1 amide bonds. The van der Waals surface area contributed by atoms with E-state index in [1.54, 1.807) is 26.2 Å². The zero-order valence-corrected chi connectivity index (χ0v) is 16.3. The van der Waals surface area contributed by atoms with Gasteiger partial charge in [-0.2, -0.15) is 0 Å². The number of pyridine rings is 1. The molecule has 0 aliphatic carbocycles. The number of aryl methyl sites for hydroxylation is 3. The van der Waals surface area contributed by atoms with Crippen molar-refractivity contribution in [3.63, 3.8) is 0 Å². The Morgan fingerprint density at radius 1 is 1.21 bits per heavy atom. The zero-order chi connectivity index (χ0) is 19.7. The molecule has 4 heterocycles. The number of carbonyl (C=O) groups is 1. The molecule has 1 atom stereocenters. The fourth-order valence-corrected chi connectivity index (χ4v) is 3.88. The molecule has 0 bridgehead atoms. The number of aromatic nitrogens is 4. The van der Waals surface area contributed by atoms with E-state index >= 15 is 0 Å². The van der Waals surface area contributed by atoms with E-state index in [9.17, 15) is 4.79 Å². The number of likely N-dealkylation sites (tertiary alicyclic amines) is 1. The van der Waals surface area contributed by atoms with Gasteiger partial charge in [0.25, 0.3) is 5.91 Å². The van der Waals surface area contributed by atoms with Crippen molar-refractivity contribution in [2.24, 2.45) is 0 Å². The number of nitrogens with zero attached hydrogens (tertiary/aromatic N) is 5. The van der Waals surface area contributed by atoms with Crippen molar-refractivity contribution in [2.45, 2.75) is 39.5 Å². The molecule has 0 saturated carbocycles. The summed E-state index contributed by atoms with van der Waals surface area (Å²) in [5.74, 6) is 1.45. The van der Waals surface area contributed by atoms with E-state index in [1.807, 2.05) is 30.2 Å². The lowest BCUT2D eigenvalue weighted by molar-refractivity contribution is 0.0703. The third kappa shape index (κ3) is 3.40. The van der Waals surface area contributed by atoms with Gasteiger partial charge in [-0.25, -0.2) is 9.97 Å². The van der Waals surface area contributed by atoms with Crippen molar-refractivity contribution in [3.8, 4) is 11.1 Å². The summed E-state index contributed by atoms with van der Waals surface area (Å²) in [6.45, 7) is 6.84. The van der Waals surface area contributed by atoms with E-state index in [2.05, 4.69) is 15.1 Å². The molecule has 0 unspecified atom stereocenters. The Hall–Kier alpha value is -3.09. The number of carbonyl (C=O) groups excluding carboxylic acids is 1. The predicted molar refractivity (Wildman–Crippen MR) is 104 cm³/mol. The summed E-state index contributed by atoms with van der Waals surface area (Å²) in [7, 11) is 0. The Balaban J connectivity index is 1.65. The van der Waals surface area contributed by atoms with Gasteiger partial charge in [-0.05, 0) is 51.3 Å². The van der Waals surface area contributed by atoms with Gasteiger partial charge in [0, 0.05) is 43.2 Å². The van der Waals surface area contributed by atoms with Gasteiger partial charge in [0.2, 0.25) is 0 Å². The maximum Gasteiger partial charge on any atom is 0.259 e. The maximum atomic E-state index is 13.1. The van der Waals surface area contributed by atoms with Crippen molar-refractivity contribution in [2.75, 3.05) is 13.1 Å². The summed E-state index contributed by atoms with van der Waals surface area (Å²) in [4.78, 5) is 28.2. The predicted octanol–water partition coefficient (Wildman–Crippen LogP) is 3.47. The molecule has 0 spiro atoms. The second kappa shape index (κ2) is 7.50. The molecule has 144 valence electrons. The Morgan fingerprint density at radius 2 is 2.00 bits per heavy atom. The van der Waals surface area contributed by atoms with E-state index in [1.165, 1.54) is 0 Å². The molecule has 1 aliphatic heterocycles. The molecule has 7 heteroatoms. The summed E-state index contributed by atoms with van der Waals surface area (Å²) >= 11 is 0. The topological polar surface area (TPSA) is 85.0 Å². The smallest absolute Gasteiger partial charge is 0.259 e. The van der Waals surface area contributed by atoms with Crippen LogP contribution in [-0.4, -0.2) is 44.0 Å². The molecule has 1 fully saturated rings. The van der Waals surface area contributed by atoms with E-state index in [0.717, 1.165) is 42.0 Å². The highest BCUT2D eigenvalue weighted by Crippen LogP contribution is 2.33. The van der Waals surface area contributed by atoms with E-state index in [0.29, 0.717) is 23.6 Å². The average molecular weight is 377 g/mol. The van der Waals surface area contributed by atoms with Crippen LogP contribution in [0.2, 0.25) is 0 Å². The van der Waals surface area contributed by atoms with Crippen LogP contribution in [0.4, 0.5) is 0 Å². The molecule has 0 N–H and O–H groups in total. The standard InChI is InChI=1S/C21H23N5O2/c1-13-19(14(2)28-25-13)21(27)26-10-4-5-17(12-26)20-18(11-23-15(3)24-20)16-6-8-22-9-7-16/h6-9,11,17H,4-5,10,12H2,1-3H3/t17-/m1/s1. The summed E-state index contributed by atoms with van der Waals surface area (Å²) in [6, 6.07) is 3.93. The second-order valence-corrected chi connectivity index (χ2v) is 7.24. The molecule has 4 rings (SSSR count). The van der Waals surface area contributed by atoms with Crippen LogP contribution in [-0.2, 0) is 0 Å². The van der Waals surface area contributed by atoms with Crippen LogP contribution >= 0.6 is 0 Å². The highest BCUT2D eigenvalue weighted by molar-refractivity contribution is 5.96. The third-order valence-corrected chi connectivity index (χ3v) is 5.27. The van der Waals surface area contributed by atoms with Gasteiger partial charge in [0.05, 0.1) is 11.4 Å². The molecule has 3 aromatic heterocycles. The van der Waals surface area contributed by atoms with Crippen LogP contribution in [0.25, 0.3) is 11.1 Å². The zero-order valence-electron chi connectivity index (χ0n) is 16.3. The van der Waals surface area contributed by atoms with Gasteiger partial charge in [0.1, 0.15) is 17.1 Å². The van der Waals surface area contributed by atoms with Gasteiger partial charge in [-0.3, -0.25) is 9.78 Å². The Labute approximate surface area is 163 Å². The molecule has 28 heavy (non-hydrogen) atoms. The van der Waals surface area contributed by atoms with Crippen LogP contribution in [0.1, 0.15) is 52.1 Å². The molecule has 7 nitrogen and oxygen atoms in total. The average Bonchev–Trinajstić information content (AvgIpc) is 3.06. The van der Waals surface area contributed by atoms with Crippen molar-refractivity contribution < 1.29 is 9.32 Å². The fraction of sp³-hybridized carbons (Fsp3) is 0.381. The monoisotopic (exact) mass is 377 g/mol. The lowest BCUT2D eigenvalue weighted by Crippen LogP contribution is -2.39. The maximum absolute atomic E-state index is 13.1. The first kappa shape index (κ1) is 18.3. The third-order valence-electron chi connectivity index (χ3n) is 5.27. The van der Waals surface area contributed by atoms with Crippen molar-refractivity contribution >= 4 is 5.91 Å². The van der Waals surface area contributed by atoms with Crippen LogP contribution in [0, 0.1) is 20.8 Å². The number of hydrogen-bond donors (Lipinski definition) is 0. The van der Waals surface area contributed by atoms with Crippen LogP contribution in [0.15, 0.2) is 35.2 Å². The van der Waals surface area contributed by atoms with Gasteiger partial charge in [-0.1, -0.05) is 5.16 Å². The van der Waals surface area contributed by atoms with Crippen LogP contribution in [0.3, 0.4) is 0 Å². The molecule has 3 aromatic rings. The Morgan fingerprint density at radius 3 is 2.71 bits per heavy atom. The first-order valence-corrected chi connectivity index (χ1v) is 9.50. The highest BCUT2D eigenvalue weighted by atomic mass is 16.5. The lowest BCUT2D eigenvalue weighted by atomic mass is 9.89. The van der Waals surface area contributed by atoms with Gasteiger partial charge in [-0.15, -0.1) is 0 Å². The molecule has 1 aliphatic rings. The number of piperidine rings is 1. The summed E-state index contributed by atoms with van der Waals surface area (Å²) in [5.41, 5.74) is 4.26. The summed E-state index contributed by atoms with van der Waals surface area (Å²) in [6.07, 6.45) is 7.33. The normalized spacial score (nSPS) is 17.0. The summed E-state index contributed by atoms with van der Waals surface area (Å²) in [5, 5.41) is 3.93. The number of amides is 1. The molecular weight excluding hydrogens is 354 g/mol. The van der Waals surface area contributed by atoms with Crippen molar-refractivity contribution in [3.05, 3.63) is 59.3 Å². The van der Waals surface area contributed by atoms with E-state index in [4.69, 9.17) is 9.51 Å². The number of rotatable bonds is 3. The van der Waals surface area contributed by atoms with Gasteiger partial charge >= 0.3 is 0 Å². The van der Waals surface area contributed by atoms with Crippen molar-refractivity contribution in [1.82, 2.24) is 25.0 Å². The van der Waals surface area contributed by atoms with Crippen LogP contribution in [0.5, 0.6) is 0 Å². The second-order valence-electron chi connectivity index (χ2n) is 7.24. The largest absolute Gasteiger partial charge is 0.361 e. The molecular formula is C21H23N5O2. The Kier molecular flexibility index (Phi) is 4.90. The lowest BCUT2D eigenvalue weighted by Gasteiger charge is -2.33. The quantitative estimate of drug-likeness (QED) is 0.695. The van der Waals surface area contributed by atoms with Gasteiger partial charge < -0.3 is 9.42 Å². The first-order valence-electron chi connectivity index (χ1n) is 9.50. The minimum Gasteiger partial charge on any atom is -0.361 e. The Bertz CT molecular complexity index is 980. The molecule has 1 saturated heterocycles. The summed E-state index contributed by atoms with van der Waals surface area (Å²) < 4.78 is 5.19. The first-order chi connectivity index (χ1) is 13.5. The minimum atomic E-state index is -0.0165. The SMILES string of the molecule is Cc1ncc(-c2ccncc2)c([C@@H]2CCCN(C(=O)c3c(C)noc3C)C2)n1. The van der Waals surface area contributed by atoms with Crippen molar-refractivity contribution in [1.29, 1.82) is 0 Å².